The minimum atomic E-state index is -0.297. The van der Waals surface area contributed by atoms with Crippen LogP contribution in [-0.2, 0) is 4.79 Å². The molecule has 1 aliphatic carbocycles. The third-order valence-corrected chi connectivity index (χ3v) is 3.66. The van der Waals surface area contributed by atoms with Crippen LogP contribution >= 0.6 is 15.9 Å². The molecule has 0 unspecified atom stereocenters. The van der Waals surface area contributed by atoms with E-state index in [9.17, 15) is 9.59 Å². The van der Waals surface area contributed by atoms with Crippen LogP contribution in [0, 0.1) is 5.92 Å². The Bertz CT molecular complexity index is 439. The Morgan fingerprint density at radius 3 is 2.28 bits per heavy atom. The highest BCUT2D eigenvalue weighted by Crippen LogP contribution is 2.24. The summed E-state index contributed by atoms with van der Waals surface area (Å²) in [5.74, 6) is -0.331. The van der Waals surface area contributed by atoms with E-state index in [0.717, 1.165) is 30.2 Å². The zero-order valence-corrected chi connectivity index (χ0v) is 11.5. The Labute approximate surface area is 114 Å². The Morgan fingerprint density at radius 1 is 1.06 bits per heavy atom. The van der Waals surface area contributed by atoms with Gasteiger partial charge in [0.2, 0.25) is 5.91 Å². The molecule has 0 bridgehead atoms. The van der Waals surface area contributed by atoms with Gasteiger partial charge in [0.05, 0.1) is 0 Å². The lowest BCUT2D eigenvalue weighted by molar-refractivity contribution is -0.125. The second-order valence-corrected chi connectivity index (χ2v) is 5.35. The van der Waals surface area contributed by atoms with Crippen LogP contribution in [0.5, 0.6) is 0 Å². The van der Waals surface area contributed by atoms with E-state index in [2.05, 4.69) is 26.8 Å². The number of nitrogens with one attached hydrogen (secondary N) is 2. The Kier molecular flexibility index (Phi) is 4.36. The zero-order chi connectivity index (χ0) is 13.0. The second kappa shape index (κ2) is 6.00. The lowest BCUT2D eigenvalue weighted by atomic mass is 10.1. The van der Waals surface area contributed by atoms with Crippen molar-refractivity contribution in [3.63, 3.8) is 0 Å². The minimum Gasteiger partial charge on any atom is -0.273 e. The van der Waals surface area contributed by atoms with E-state index in [-0.39, 0.29) is 17.7 Å². The van der Waals surface area contributed by atoms with E-state index >= 15 is 0 Å². The number of hydrogen-bond donors (Lipinski definition) is 2. The van der Waals surface area contributed by atoms with E-state index < -0.39 is 0 Å². The van der Waals surface area contributed by atoms with Crippen LogP contribution in [0.1, 0.15) is 36.0 Å². The lowest BCUT2D eigenvalue weighted by Crippen LogP contribution is -2.44. The number of amides is 2. The molecule has 0 spiro atoms. The van der Waals surface area contributed by atoms with Gasteiger partial charge in [0, 0.05) is 16.0 Å². The highest BCUT2D eigenvalue weighted by Gasteiger charge is 2.22. The van der Waals surface area contributed by atoms with Crippen LogP contribution in [0.2, 0.25) is 0 Å². The van der Waals surface area contributed by atoms with Crippen LogP contribution in [-0.4, -0.2) is 11.8 Å². The van der Waals surface area contributed by atoms with E-state index in [1.54, 1.807) is 24.3 Å². The molecule has 2 N–H and O–H groups in total. The van der Waals surface area contributed by atoms with Gasteiger partial charge in [-0.15, -0.1) is 0 Å². The largest absolute Gasteiger partial charge is 0.273 e. The SMILES string of the molecule is O=C(NNC(=O)C1CCCC1)c1ccc(Br)cc1. The molecule has 4 nitrogen and oxygen atoms in total. The van der Waals surface area contributed by atoms with E-state index in [1.807, 2.05) is 0 Å². The molecular formula is C13H15BrN2O2. The van der Waals surface area contributed by atoms with Gasteiger partial charge in [-0.05, 0) is 37.1 Å². The van der Waals surface area contributed by atoms with Gasteiger partial charge in [-0.25, -0.2) is 0 Å². The Balaban J connectivity index is 1.84. The van der Waals surface area contributed by atoms with Crippen molar-refractivity contribution in [1.82, 2.24) is 10.9 Å². The summed E-state index contributed by atoms with van der Waals surface area (Å²) >= 11 is 3.30. The smallest absolute Gasteiger partial charge is 0.269 e. The van der Waals surface area contributed by atoms with Crippen LogP contribution in [0.4, 0.5) is 0 Å². The molecule has 1 saturated carbocycles. The first-order valence-electron chi connectivity index (χ1n) is 6.02. The molecule has 0 aliphatic heterocycles. The van der Waals surface area contributed by atoms with Gasteiger partial charge < -0.3 is 0 Å². The highest BCUT2D eigenvalue weighted by molar-refractivity contribution is 9.10. The summed E-state index contributed by atoms with van der Waals surface area (Å²) in [6.45, 7) is 0. The van der Waals surface area contributed by atoms with Crippen LogP contribution in [0.25, 0.3) is 0 Å². The summed E-state index contributed by atoms with van der Waals surface area (Å²) in [4.78, 5) is 23.4. The summed E-state index contributed by atoms with van der Waals surface area (Å²) in [5.41, 5.74) is 5.45. The first kappa shape index (κ1) is 13.1. The fourth-order valence-electron chi connectivity index (χ4n) is 2.08. The third kappa shape index (κ3) is 3.32. The van der Waals surface area contributed by atoms with E-state index in [1.165, 1.54) is 0 Å². The van der Waals surface area contributed by atoms with E-state index in [0.29, 0.717) is 5.56 Å². The Morgan fingerprint density at radius 2 is 1.67 bits per heavy atom. The molecule has 0 atom stereocenters. The maximum absolute atomic E-state index is 11.7. The normalized spacial score (nSPS) is 15.4. The van der Waals surface area contributed by atoms with Gasteiger partial charge in [0.15, 0.2) is 0 Å². The molecule has 0 saturated heterocycles. The second-order valence-electron chi connectivity index (χ2n) is 4.43. The predicted molar refractivity (Wildman–Crippen MR) is 71.7 cm³/mol. The van der Waals surface area contributed by atoms with Gasteiger partial charge in [-0.3, -0.25) is 20.4 Å². The average molecular weight is 311 g/mol. The summed E-state index contributed by atoms with van der Waals surface area (Å²) in [5, 5.41) is 0. The number of halogens is 1. The molecule has 18 heavy (non-hydrogen) atoms. The molecule has 1 aromatic carbocycles. The maximum Gasteiger partial charge on any atom is 0.269 e. The fourth-order valence-corrected chi connectivity index (χ4v) is 2.35. The number of hydrogen-bond acceptors (Lipinski definition) is 2. The van der Waals surface area contributed by atoms with Gasteiger partial charge in [-0.1, -0.05) is 28.8 Å². The standard InChI is InChI=1S/C13H15BrN2O2/c14-11-7-5-10(6-8-11)13(18)16-15-12(17)9-3-1-2-4-9/h5-9H,1-4H2,(H,15,17)(H,16,18). The molecular weight excluding hydrogens is 296 g/mol. The summed E-state index contributed by atoms with van der Waals surface area (Å²) in [6, 6.07) is 6.96. The first-order chi connectivity index (χ1) is 8.66. The van der Waals surface area contributed by atoms with Crippen molar-refractivity contribution < 1.29 is 9.59 Å². The van der Waals surface area contributed by atoms with Crippen LogP contribution < -0.4 is 10.9 Å². The van der Waals surface area contributed by atoms with Crippen LogP contribution in [0.3, 0.4) is 0 Å². The third-order valence-electron chi connectivity index (χ3n) is 3.13. The molecule has 0 radical (unpaired) electrons. The highest BCUT2D eigenvalue weighted by atomic mass is 79.9. The molecule has 0 heterocycles. The monoisotopic (exact) mass is 310 g/mol. The van der Waals surface area contributed by atoms with Crippen molar-refractivity contribution in [2.24, 2.45) is 5.92 Å². The molecule has 2 amide bonds. The van der Waals surface area contributed by atoms with Gasteiger partial charge >= 0.3 is 0 Å². The first-order valence-corrected chi connectivity index (χ1v) is 6.82. The predicted octanol–water partition coefficient (Wildman–Crippen LogP) is 2.40. The number of rotatable bonds is 2. The van der Waals surface area contributed by atoms with Gasteiger partial charge in [0.1, 0.15) is 0 Å². The van der Waals surface area contributed by atoms with Crippen molar-refractivity contribution in [2.75, 3.05) is 0 Å². The summed E-state index contributed by atoms with van der Waals surface area (Å²) < 4.78 is 0.911. The molecule has 0 aromatic heterocycles. The van der Waals surface area contributed by atoms with Gasteiger partial charge in [0.25, 0.3) is 5.91 Å². The van der Waals surface area contributed by atoms with Crippen molar-refractivity contribution in [3.8, 4) is 0 Å². The van der Waals surface area contributed by atoms with Crippen LogP contribution in [0.15, 0.2) is 28.7 Å². The van der Waals surface area contributed by atoms with E-state index in [4.69, 9.17) is 0 Å². The minimum absolute atomic E-state index is 0.0511. The summed E-state index contributed by atoms with van der Waals surface area (Å²) in [7, 11) is 0. The summed E-state index contributed by atoms with van der Waals surface area (Å²) in [6.07, 6.45) is 4.03. The van der Waals surface area contributed by atoms with Gasteiger partial charge in [-0.2, -0.15) is 0 Å². The van der Waals surface area contributed by atoms with Crippen molar-refractivity contribution >= 4 is 27.7 Å². The maximum atomic E-state index is 11.7. The zero-order valence-electron chi connectivity index (χ0n) is 9.91. The number of hydrazine groups is 1. The number of carbonyl (C=O) groups excluding carboxylic acids is 2. The quantitative estimate of drug-likeness (QED) is 0.824. The molecule has 1 aliphatic rings. The topological polar surface area (TPSA) is 58.2 Å². The molecule has 1 aromatic rings. The average Bonchev–Trinajstić information content (AvgIpc) is 2.90. The number of benzene rings is 1. The molecule has 1 fully saturated rings. The fraction of sp³-hybridized carbons (Fsp3) is 0.385. The molecule has 2 rings (SSSR count). The van der Waals surface area contributed by atoms with Crippen molar-refractivity contribution in [2.45, 2.75) is 25.7 Å². The number of carbonyl (C=O) groups is 2. The lowest BCUT2D eigenvalue weighted by Gasteiger charge is -2.11. The van der Waals surface area contributed by atoms with Crippen molar-refractivity contribution in [1.29, 1.82) is 0 Å². The molecule has 96 valence electrons. The molecule has 5 heteroatoms. The van der Waals surface area contributed by atoms with Crippen molar-refractivity contribution in [3.05, 3.63) is 34.3 Å². The Hall–Kier alpha value is -1.36.